The topological polar surface area (TPSA) is 55.1 Å². The second-order valence-corrected chi connectivity index (χ2v) is 4.83. The van der Waals surface area contributed by atoms with Crippen molar-refractivity contribution in [3.8, 4) is 0 Å². The lowest BCUT2D eigenvalue weighted by Gasteiger charge is -2.15. The smallest absolute Gasteiger partial charge is 0.220 e. The third-order valence-electron chi connectivity index (χ3n) is 3.29. The van der Waals surface area contributed by atoms with E-state index in [9.17, 15) is 9.18 Å². The summed E-state index contributed by atoms with van der Waals surface area (Å²) in [4.78, 5) is 11.6. The van der Waals surface area contributed by atoms with Gasteiger partial charge in [-0.15, -0.1) is 0 Å². The fourth-order valence-corrected chi connectivity index (χ4v) is 2.04. The number of benzene rings is 1. The van der Waals surface area contributed by atoms with Crippen molar-refractivity contribution in [3.05, 3.63) is 35.6 Å². The van der Waals surface area contributed by atoms with Crippen LogP contribution in [-0.2, 0) is 4.79 Å². The van der Waals surface area contributed by atoms with Gasteiger partial charge in [-0.3, -0.25) is 4.79 Å². The zero-order valence-corrected chi connectivity index (χ0v) is 10.4. The highest BCUT2D eigenvalue weighted by Gasteiger charge is 2.23. The Morgan fingerprint density at radius 3 is 2.78 bits per heavy atom. The molecule has 0 aliphatic heterocycles. The van der Waals surface area contributed by atoms with E-state index in [-0.39, 0.29) is 17.6 Å². The highest BCUT2D eigenvalue weighted by molar-refractivity contribution is 5.76. The maximum atomic E-state index is 13.6. The quantitative estimate of drug-likeness (QED) is 0.810. The standard InChI is InChI=1S/C14H19FN2O/c15-13-4-2-1-3-12(13)10(9-16)5-8-14(18)17-11-6-7-11/h1-4,10-11H,5-9,16H2,(H,17,18). The predicted octanol–water partition coefficient (Wildman–Crippen LogP) is 1.93. The van der Waals surface area contributed by atoms with Gasteiger partial charge in [0.2, 0.25) is 5.91 Å². The van der Waals surface area contributed by atoms with Gasteiger partial charge in [-0.25, -0.2) is 4.39 Å². The summed E-state index contributed by atoms with van der Waals surface area (Å²) in [6.07, 6.45) is 3.17. The minimum Gasteiger partial charge on any atom is -0.353 e. The summed E-state index contributed by atoms with van der Waals surface area (Å²) >= 11 is 0. The van der Waals surface area contributed by atoms with Crippen LogP contribution < -0.4 is 11.1 Å². The summed E-state index contributed by atoms with van der Waals surface area (Å²) in [6.45, 7) is 0.359. The zero-order valence-electron chi connectivity index (χ0n) is 10.4. The maximum Gasteiger partial charge on any atom is 0.220 e. The molecule has 4 heteroatoms. The Labute approximate surface area is 107 Å². The van der Waals surface area contributed by atoms with Gasteiger partial charge in [-0.1, -0.05) is 18.2 Å². The molecule has 0 spiro atoms. The Balaban J connectivity index is 1.88. The lowest BCUT2D eigenvalue weighted by atomic mass is 9.94. The third-order valence-corrected chi connectivity index (χ3v) is 3.29. The third kappa shape index (κ3) is 3.53. The summed E-state index contributed by atoms with van der Waals surface area (Å²) in [7, 11) is 0. The molecule has 1 aromatic carbocycles. The van der Waals surface area contributed by atoms with Gasteiger partial charge in [-0.2, -0.15) is 0 Å². The largest absolute Gasteiger partial charge is 0.353 e. The SMILES string of the molecule is NCC(CCC(=O)NC1CC1)c1ccccc1F. The van der Waals surface area contributed by atoms with E-state index in [2.05, 4.69) is 5.32 Å². The van der Waals surface area contributed by atoms with Gasteiger partial charge in [0.05, 0.1) is 0 Å². The predicted molar refractivity (Wildman–Crippen MR) is 68.6 cm³/mol. The van der Waals surface area contributed by atoms with Gasteiger partial charge in [0.25, 0.3) is 0 Å². The molecular formula is C14H19FN2O. The molecule has 1 atom stereocenters. The number of amides is 1. The molecule has 1 aliphatic carbocycles. The molecular weight excluding hydrogens is 231 g/mol. The van der Waals surface area contributed by atoms with Gasteiger partial charge >= 0.3 is 0 Å². The van der Waals surface area contributed by atoms with E-state index in [0.717, 1.165) is 12.8 Å². The van der Waals surface area contributed by atoms with E-state index in [4.69, 9.17) is 5.73 Å². The van der Waals surface area contributed by atoms with Crippen LogP contribution in [0.15, 0.2) is 24.3 Å². The van der Waals surface area contributed by atoms with E-state index >= 15 is 0 Å². The summed E-state index contributed by atoms with van der Waals surface area (Å²) in [5.41, 5.74) is 6.29. The fraction of sp³-hybridized carbons (Fsp3) is 0.500. The van der Waals surface area contributed by atoms with Crippen LogP contribution in [0, 0.1) is 5.82 Å². The second kappa shape index (κ2) is 5.96. The van der Waals surface area contributed by atoms with E-state index in [0.29, 0.717) is 31.0 Å². The van der Waals surface area contributed by atoms with Crippen LogP contribution in [0.1, 0.15) is 37.2 Å². The van der Waals surface area contributed by atoms with Gasteiger partial charge in [0, 0.05) is 12.5 Å². The van der Waals surface area contributed by atoms with Crippen molar-refractivity contribution >= 4 is 5.91 Å². The molecule has 1 amide bonds. The van der Waals surface area contributed by atoms with Crippen LogP contribution in [0.4, 0.5) is 4.39 Å². The number of carbonyl (C=O) groups is 1. The summed E-state index contributed by atoms with van der Waals surface area (Å²) in [5.74, 6) is -0.279. The van der Waals surface area contributed by atoms with E-state index in [1.165, 1.54) is 6.07 Å². The zero-order chi connectivity index (χ0) is 13.0. The molecule has 98 valence electrons. The fourth-order valence-electron chi connectivity index (χ4n) is 2.04. The first-order valence-corrected chi connectivity index (χ1v) is 6.44. The maximum absolute atomic E-state index is 13.6. The number of hydrogen-bond acceptors (Lipinski definition) is 2. The minimum atomic E-state index is -0.240. The van der Waals surface area contributed by atoms with Gasteiger partial charge in [0.1, 0.15) is 5.82 Å². The Hall–Kier alpha value is -1.42. The summed E-state index contributed by atoms with van der Waals surface area (Å²) in [6, 6.07) is 7.01. The van der Waals surface area contributed by atoms with Gasteiger partial charge < -0.3 is 11.1 Å². The molecule has 0 bridgehead atoms. The average molecular weight is 250 g/mol. The first kappa shape index (κ1) is 13.0. The summed E-state index contributed by atoms with van der Waals surface area (Å²) < 4.78 is 13.6. The van der Waals surface area contributed by atoms with Crippen molar-refractivity contribution in [3.63, 3.8) is 0 Å². The van der Waals surface area contributed by atoms with Crippen molar-refractivity contribution < 1.29 is 9.18 Å². The van der Waals surface area contributed by atoms with Gasteiger partial charge in [0.15, 0.2) is 0 Å². The average Bonchev–Trinajstić information content (AvgIpc) is 3.16. The molecule has 1 aromatic rings. The van der Waals surface area contributed by atoms with E-state index < -0.39 is 0 Å². The lowest BCUT2D eigenvalue weighted by Crippen LogP contribution is -2.26. The number of halogens is 1. The molecule has 1 saturated carbocycles. The number of nitrogens with two attached hydrogens (primary N) is 1. The van der Waals surface area contributed by atoms with Gasteiger partial charge in [-0.05, 0) is 43.4 Å². The van der Waals surface area contributed by atoms with Crippen LogP contribution in [0.25, 0.3) is 0 Å². The van der Waals surface area contributed by atoms with Crippen molar-refractivity contribution in [1.82, 2.24) is 5.32 Å². The first-order chi connectivity index (χ1) is 8.70. The minimum absolute atomic E-state index is 0.0484. The molecule has 3 N–H and O–H groups in total. The molecule has 3 nitrogen and oxygen atoms in total. The Morgan fingerprint density at radius 1 is 1.44 bits per heavy atom. The Kier molecular flexibility index (Phi) is 4.31. The van der Waals surface area contributed by atoms with E-state index in [1.54, 1.807) is 18.2 Å². The Morgan fingerprint density at radius 2 is 2.17 bits per heavy atom. The number of hydrogen-bond donors (Lipinski definition) is 2. The van der Waals surface area contributed by atoms with E-state index in [1.807, 2.05) is 0 Å². The lowest BCUT2D eigenvalue weighted by molar-refractivity contribution is -0.121. The van der Waals surface area contributed by atoms with Crippen LogP contribution in [-0.4, -0.2) is 18.5 Å². The normalized spacial score (nSPS) is 16.3. The first-order valence-electron chi connectivity index (χ1n) is 6.44. The number of rotatable bonds is 6. The molecule has 1 unspecified atom stereocenters. The highest BCUT2D eigenvalue weighted by Crippen LogP contribution is 2.23. The van der Waals surface area contributed by atoms with Crippen molar-refractivity contribution in [2.45, 2.75) is 37.6 Å². The molecule has 18 heavy (non-hydrogen) atoms. The molecule has 0 saturated heterocycles. The van der Waals surface area contributed by atoms with Crippen molar-refractivity contribution in [1.29, 1.82) is 0 Å². The monoisotopic (exact) mass is 250 g/mol. The molecule has 2 rings (SSSR count). The number of nitrogens with one attached hydrogen (secondary N) is 1. The van der Waals surface area contributed by atoms with Crippen LogP contribution >= 0.6 is 0 Å². The summed E-state index contributed by atoms with van der Waals surface area (Å²) in [5, 5.41) is 2.93. The molecule has 1 aliphatic rings. The second-order valence-electron chi connectivity index (χ2n) is 4.83. The van der Waals surface area contributed by atoms with Crippen LogP contribution in [0.3, 0.4) is 0 Å². The molecule has 0 aromatic heterocycles. The number of carbonyl (C=O) groups excluding carboxylic acids is 1. The molecule has 0 radical (unpaired) electrons. The Bertz CT molecular complexity index is 418. The molecule has 0 heterocycles. The van der Waals surface area contributed by atoms with Crippen molar-refractivity contribution in [2.24, 2.45) is 5.73 Å². The van der Waals surface area contributed by atoms with Crippen LogP contribution in [0.2, 0.25) is 0 Å². The molecule has 1 fully saturated rings. The van der Waals surface area contributed by atoms with Crippen LogP contribution in [0.5, 0.6) is 0 Å². The highest BCUT2D eigenvalue weighted by atomic mass is 19.1. The van der Waals surface area contributed by atoms with Crippen molar-refractivity contribution in [2.75, 3.05) is 6.54 Å².